The Kier molecular flexibility index (Phi) is 3.85. The first-order valence-electron chi connectivity index (χ1n) is 6.67. The summed E-state index contributed by atoms with van der Waals surface area (Å²) in [7, 11) is 0. The summed E-state index contributed by atoms with van der Waals surface area (Å²) in [6.07, 6.45) is 6.12. The summed E-state index contributed by atoms with van der Waals surface area (Å²) < 4.78 is 5.08. The summed E-state index contributed by atoms with van der Waals surface area (Å²) in [6, 6.07) is 0.530. The molecular weight excluding hydrogens is 202 g/mol. The third kappa shape index (κ3) is 2.40. The van der Waals surface area contributed by atoms with Gasteiger partial charge < -0.3 is 10.1 Å². The smallest absolute Gasteiger partial charge is 0.323 e. The molecule has 1 N–H and O–H groups in total. The van der Waals surface area contributed by atoms with Crippen LogP contribution in [-0.4, -0.2) is 24.7 Å². The highest BCUT2D eigenvalue weighted by atomic mass is 16.5. The van der Waals surface area contributed by atoms with Gasteiger partial charge in [0.15, 0.2) is 0 Å². The largest absolute Gasteiger partial charge is 0.465 e. The first kappa shape index (κ1) is 11.9. The van der Waals surface area contributed by atoms with Gasteiger partial charge in [-0.05, 0) is 44.4 Å². The van der Waals surface area contributed by atoms with Gasteiger partial charge >= 0.3 is 5.97 Å². The lowest BCUT2D eigenvalue weighted by Crippen LogP contribution is -2.38. The Balaban J connectivity index is 1.89. The second kappa shape index (κ2) is 5.17. The Morgan fingerprint density at radius 3 is 2.81 bits per heavy atom. The van der Waals surface area contributed by atoms with Crippen molar-refractivity contribution in [2.75, 3.05) is 6.61 Å². The molecule has 2 fully saturated rings. The van der Waals surface area contributed by atoms with E-state index in [-0.39, 0.29) is 12.0 Å². The average Bonchev–Trinajstić information content (AvgIpc) is 2.71. The van der Waals surface area contributed by atoms with Crippen LogP contribution in [0.15, 0.2) is 0 Å². The standard InChI is InChI=1S/C13H23NO2/c1-3-9-5-6-11-10(7-9)8-12(14-11)13(15)16-4-2/h9-12,14H,3-8H2,1-2H3. The van der Waals surface area contributed by atoms with E-state index in [9.17, 15) is 4.79 Å². The molecule has 3 nitrogen and oxygen atoms in total. The molecule has 3 heteroatoms. The molecule has 0 aromatic heterocycles. The van der Waals surface area contributed by atoms with Crippen LogP contribution in [0.4, 0.5) is 0 Å². The molecule has 0 bridgehead atoms. The lowest BCUT2D eigenvalue weighted by atomic mass is 9.77. The van der Waals surface area contributed by atoms with Crippen LogP contribution < -0.4 is 5.32 Å². The van der Waals surface area contributed by atoms with Crippen LogP contribution in [0.2, 0.25) is 0 Å². The highest BCUT2D eigenvalue weighted by Crippen LogP contribution is 2.37. The number of esters is 1. The lowest BCUT2D eigenvalue weighted by Gasteiger charge is -2.30. The second-order valence-corrected chi connectivity index (χ2v) is 5.16. The van der Waals surface area contributed by atoms with Crippen LogP contribution in [0.1, 0.15) is 46.0 Å². The molecule has 1 heterocycles. The fourth-order valence-corrected chi connectivity index (χ4v) is 3.25. The van der Waals surface area contributed by atoms with Crippen LogP contribution in [0, 0.1) is 11.8 Å². The van der Waals surface area contributed by atoms with Crippen molar-refractivity contribution in [2.45, 2.75) is 58.0 Å². The molecule has 2 rings (SSSR count). The van der Waals surface area contributed by atoms with Gasteiger partial charge in [-0.3, -0.25) is 4.79 Å². The van der Waals surface area contributed by atoms with Crippen molar-refractivity contribution < 1.29 is 9.53 Å². The first-order chi connectivity index (χ1) is 7.74. The lowest BCUT2D eigenvalue weighted by molar-refractivity contribution is -0.145. The SMILES string of the molecule is CCOC(=O)C1CC2CC(CC)CCC2N1. The molecule has 4 unspecified atom stereocenters. The Labute approximate surface area is 97.9 Å². The van der Waals surface area contributed by atoms with Gasteiger partial charge in [0.2, 0.25) is 0 Å². The van der Waals surface area contributed by atoms with Crippen LogP contribution in [0.5, 0.6) is 0 Å². The molecule has 0 spiro atoms. The molecule has 92 valence electrons. The Bertz CT molecular complexity index is 254. The molecule has 1 aliphatic carbocycles. The molecule has 16 heavy (non-hydrogen) atoms. The normalized spacial score (nSPS) is 38.1. The van der Waals surface area contributed by atoms with Crippen molar-refractivity contribution >= 4 is 5.97 Å². The third-order valence-corrected chi connectivity index (χ3v) is 4.19. The number of ether oxygens (including phenoxy) is 1. The van der Waals surface area contributed by atoms with Gasteiger partial charge in [-0.1, -0.05) is 13.3 Å². The molecule has 1 saturated heterocycles. The average molecular weight is 225 g/mol. The maximum absolute atomic E-state index is 11.7. The van der Waals surface area contributed by atoms with E-state index in [0.717, 1.165) is 12.3 Å². The fourth-order valence-electron chi connectivity index (χ4n) is 3.25. The van der Waals surface area contributed by atoms with Crippen molar-refractivity contribution in [1.82, 2.24) is 5.32 Å². The minimum absolute atomic E-state index is 0.0365. The van der Waals surface area contributed by atoms with E-state index in [1.807, 2.05) is 6.92 Å². The monoisotopic (exact) mass is 225 g/mol. The highest BCUT2D eigenvalue weighted by molar-refractivity contribution is 5.76. The van der Waals surface area contributed by atoms with Crippen molar-refractivity contribution in [3.05, 3.63) is 0 Å². The number of carbonyl (C=O) groups is 1. The van der Waals surface area contributed by atoms with E-state index >= 15 is 0 Å². The van der Waals surface area contributed by atoms with Gasteiger partial charge in [0.25, 0.3) is 0 Å². The number of carbonyl (C=O) groups excluding carboxylic acids is 1. The van der Waals surface area contributed by atoms with Crippen molar-refractivity contribution in [1.29, 1.82) is 0 Å². The first-order valence-corrected chi connectivity index (χ1v) is 6.67. The minimum atomic E-state index is -0.0510. The number of hydrogen-bond donors (Lipinski definition) is 1. The topological polar surface area (TPSA) is 38.3 Å². The van der Waals surface area contributed by atoms with Crippen LogP contribution in [-0.2, 0) is 9.53 Å². The van der Waals surface area contributed by atoms with Crippen molar-refractivity contribution in [3.8, 4) is 0 Å². The van der Waals surface area contributed by atoms with E-state index < -0.39 is 0 Å². The molecule has 2 aliphatic rings. The highest BCUT2D eigenvalue weighted by Gasteiger charge is 2.40. The maximum Gasteiger partial charge on any atom is 0.323 e. The number of fused-ring (bicyclic) bond motifs is 1. The van der Waals surface area contributed by atoms with Crippen LogP contribution in [0.3, 0.4) is 0 Å². The van der Waals surface area contributed by atoms with Crippen molar-refractivity contribution in [2.24, 2.45) is 11.8 Å². The quantitative estimate of drug-likeness (QED) is 0.748. The maximum atomic E-state index is 11.7. The molecule has 0 aromatic rings. The fraction of sp³-hybridized carbons (Fsp3) is 0.923. The summed E-state index contributed by atoms with van der Waals surface area (Å²) in [5.41, 5.74) is 0. The second-order valence-electron chi connectivity index (χ2n) is 5.16. The number of rotatable bonds is 3. The zero-order chi connectivity index (χ0) is 11.5. The van der Waals surface area contributed by atoms with Gasteiger partial charge in [-0.15, -0.1) is 0 Å². The minimum Gasteiger partial charge on any atom is -0.465 e. The summed E-state index contributed by atoms with van der Waals surface area (Å²) in [6.45, 7) is 4.63. The Morgan fingerprint density at radius 1 is 1.31 bits per heavy atom. The van der Waals surface area contributed by atoms with Gasteiger partial charge in [0.05, 0.1) is 6.61 Å². The summed E-state index contributed by atoms with van der Waals surface area (Å²) in [5.74, 6) is 1.53. The summed E-state index contributed by atoms with van der Waals surface area (Å²) >= 11 is 0. The van der Waals surface area contributed by atoms with Crippen LogP contribution in [0.25, 0.3) is 0 Å². The van der Waals surface area contributed by atoms with Gasteiger partial charge in [0.1, 0.15) is 6.04 Å². The molecule has 1 aliphatic heterocycles. The van der Waals surface area contributed by atoms with E-state index in [0.29, 0.717) is 18.6 Å². The molecule has 0 aromatic carbocycles. The predicted molar refractivity (Wildman–Crippen MR) is 63.1 cm³/mol. The van der Waals surface area contributed by atoms with E-state index in [2.05, 4.69) is 12.2 Å². The number of hydrogen-bond acceptors (Lipinski definition) is 3. The van der Waals surface area contributed by atoms with Gasteiger partial charge in [-0.2, -0.15) is 0 Å². The molecule has 4 atom stereocenters. The third-order valence-electron chi connectivity index (χ3n) is 4.19. The van der Waals surface area contributed by atoms with Gasteiger partial charge in [-0.25, -0.2) is 0 Å². The van der Waals surface area contributed by atoms with Crippen molar-refractivity contribution in [3.63, 3.8) is 0 Å². The van der Waals surface area contributed by atoms with Crippen LogP contribution >= 0.6 is 0 Å². The zero-order valence-electron chi connectivity index (χ0n) is 10.4. The summed E-state index contributed by atoms with van der Waals surface area (Å²) in [5, 5.41) is 3.45. The summed E-state index contributed by atoms with van der Waals surface area (Å²) in [4.78, 5) is 11.7. The van der Waals surface area contributed by atoms with E-state index in [1.165, 1.54) is 25.7 Å². The molecule has 0 radical (unpaired) electrons. The van der Waals surface area contributed by atoms with E-state index in [4.69, 9.17) is 4.74 Å². The molecular formula is C13H23NO2. The molecule has 1 saturated carbocycles. The number of nitrogens with one attached hydrogen (secondary N) is 1. The zero-order valence-corrected chi connectivity index (χ0v) is 10.4. The Hall–Kier alpha value is -0.570. The Morgan fingerprint density at radius 2 is 2.12 bits per heavy atom. The molecule has 0 amide bonds. The van der Waals surface area contributed by atoms with Gasteiger partial charge in [0, 0.05) is 6.04 Å². The van der Waals surface area contributed by atoms with E-state index in [1.54, 1.807) is 0 Å². The predicted octanol–water partition coefficient (Wildman–Crippen LogP) is 2.11.